The van der Waals surface area contributed by atoms with Crippen molar-refractivity contribution in [2.75, 3.05) is 18.4 Å². The van der Waals surface area contributed by atoms with Gasteiger partial charge < -0.3 is 10.6 Å². The zero-order valence-corrected chi connectivity index (χ0v) is 15.1. The van der Waals surface area contributed by atoms with E-state index in [0.717, 1.165) is 0 Å². The molecule has 0 bridgehead atoms. The van der Waals surface area contributed by atoms with Gasteiger partial charge in [0.2, 0.25) is 0 Å². The van der Waals surface area contributed by atoms with E-state index >= 15 is 0 Å². The predicted octanol–water partition coefficient (Wildman–Crippen LogP) is 4.26. The van der Waals surface area contributed by atoms with Gasteiger partial charge in [0, 0.05) is 30.8 Å². The first-order valence-electron chi connectivity index (χ1n) is 7.89. The molecule has 0 spiro atoms. The molecule has 6 nitrogen and oxygen atoms in total. The molecule has 0 radical (unpaired) electrons. The van der Waals surface area contributed by atoms with Crippen molar-refractivity contribution in [3.05, 3.63) is 69.0 Å². The van der Waals surface area contributed by atoms with E-state index in [4.69, 9.17) is 11.6 Å². The molecule has 0 atom stereocenters. The number of anilines is 1. The van der Waals surface area contributed by atoms with E-state index in [1.807, 2.05) is 13.8 Å². The van der Waals surface area contributed by atoms with Gasteiger partial charge in [-0.05, 0) is 35.7 Å². The Morgan fingerprint density at radius 1 is 1.19 bits per heavy atom. The van der Waals surface area contributed by atoms with Gasteiger partial charge in [0.25, 0.3) is 11.6 Å². The van der Waals surface area contributed by atoms with E-state index in [9.17, 15) is 19.3 Å². The van der Waals surface area contributed by atoms with Crippen molar-refractivity contribution >= 4 is 28.9 Å². The summed E-state index contributed by atoms with van der Waals surface area (Å²) < 4.78 is 12.9. The smallest absolute Gasteiger partial charge is 0.271 e. The maximum atomic E-state index is 12.9. The standard InChI is InChI=1S/C18H19ClFN3O3/c1-18(2,11-22-17(24)12-3-5-13(20)6-4-12)10-21-16-8-7-14(23(25)26)9-15(16)19/h3-9,21H,10-11H2,1-2H3,(H,22,24). The fraction of sp³-hybridized carbons (Fsp3) is 0.278. The highest BCUT2D eigenvalue weighted by molar-refractivity contribution is 6.33. The average molecular weight is 380 g/mol. The molecule has 0 aliphatic heterocycles. The maximum Gasteiger partial charge on any atom is 0.271 e. The minimum atomic E-state index is -0.509. The summed E-state index contributed by atoms with van der Waals surface area (Å²) in [6.45, 7) is 4.75. The van der Waals surface area contributed by atoms with Gasteiger partial charge in [-0.3, -0.25) is 14.9 Å². The summed E-state index contributed by atoms with van der Waals surface area (Å²) >= 11 is 6.06. The highest BCUT2D eigenvalue weighted by Crippen LogP contribution is 2.27. The number of carbonyl (C=O) groups excluding carboxylic acids is 1. The Morgan fingerprint density at radius 2 is 1.85 bits per heavy atom. The Kier molecular flexibility index (Phi) is 6.15. The average Bonchev–Trinajstić information content (AvgIpc) is 2.59. The largest absolute Gasteiger partial charge is 0.383 e. The lowest BCUT2D eigenvalue weighted by Crippen LogP contribution is -2.38. The van der Waals surface area contributed by atoms with Crippen molar-refractivity contribution in [3.8, 4) is 0 Å². The van der Waals surface area contributed by atoms with Crippen LogP contribution in [0, 0.1) is 21.3 Å². The van der Waals surface area contributed by atoms with Crippen LogP contribution >= 0.6 is 11.6 Å². The Labute approximate surface area is 155 Å². The molecule has 0 aliphatic carbocycles. The first kappa shape index (κ1) is 19.7. The number of nitrogens with zero attached hydrogens (tertiary/aromatic N) is 1. The van der Waals surface area contributed by atoms with E-state index < -0.39 is 10.7 Å². The van der Waals surface area contributed by atoms with Crippen molar-refractivity contribution in [3.63, 3.8) is 0 Å². The van der Waals surface area contributed by atoms with Gasteiger partial charge in [0.15, 0.2) is 0 Å². The zero-order valence-electron chi connectivity index (χ0n) is 14.4. The van der Waals surface area contributed by atoms with Gasteiger partial charge in [0.05, 0.1) is 15.6 Å². The van der Waals surface area contributed by atoms with Gasteiger partial charge in [-0.15, -0.1) is 0 Å². The molecule has 0 saturated heterocycles. The lowest BCUT2D eigenvalue weighted by Gasteiger charge is -2.26. The van der Waals surface area contributed by atoms with Gasteiger partial charge in [-0.1, -0.05) is 25.4 Å². The lowest BCUT2D eigenvalue weighted by atomic mass is 9.93. The van der Waals surface area contributed by atoms with E-state index in [1.54, 1.807) is 6.07 Å². The van der Waals surface area contributed by atoms with Crippen LogP contribution in [-0.4, -0.2) is 23.9 Å². The molecule has 2 aromatic rings. The molecule has 2 rings (SSSR count). The van der Waals surface area contributed by atoms with Crippen LogP contribution in [0.1, 0.15) is 24.2 Å². The Morgan fingerprint density at radius 3 is 2.42 bits per heavy atom. The number of halogens is 2. The maximum absolute atomic E-state index is 12.9. The SMILES string of the molecule is CC(C)(CNC(=O)c1ccc(F)cc1)CNc1ccc([N+](=O)[O-])cc1Cl. The summed E-state index contributed by atoms with van der Waals surface area (Å²) in [6, 6.07) is 9.52. The van der Waals surface area contributed by atoms with E-state index in [0.29, 0.717) is 24.3 Å². The molecule has 138 valence electrons. The molecule has 2 aromatic carbocycles. The molecule has 2 N–H and O–H groups in total. The molecule has 0 aliphatic rings. The molecular formula is C18H19ClFN3O3. The number of nitrogens with one attached hydrogen (secondary N) is 2. The monoisotopic (exact) mass is 379 g/mol. The predicted molar refractivity (Wildman–Crippen MR) is 99.1 cm³/mol. The van der Waals surface area contributed by atoms with Gasteiger partial charge in [0.1, 0.15) is 5.82 Å². The number of carbonyl (C=O) groups is 1. The highest BCUT2D eigenvalue weighted by atomic mass is 35.5. The molecular weight excluding hydrogens is 361 g/mol. The summed E-state index contributed by atoms with van der Waals surface area (Å²) in [5, 5.41) is 16.9. The number of hydrogen-bond donors (Lipinski definition) is 2. The third-order valence-electron chi connectivity index (χ3n) is 3.75. The number of amides is 1. The second-order valence-electron chi connectivity index (χ2n) is 6.63. The number of nitro groups is 1. The van der Waals surface area contributed by atoms with Crippen molar-refractivity contribution < 1.29 is 14.1 Å². The zero-order chi connectivity index (χ0) is 19.3. The fourth-order valence-corrected chi connectivity index (χ4v) is 2.42. The van der Waals surface area contributed by atoms with Crippen LogP contribution in [0.3, 0.4) is 0 Å². The van der Waals surface area contributed by atoms with Crippen molar-refractivity contribution in [2.24, 2.45) is 5.41 Å². The van der Waals surface area contributed by atoms with Crippen molar-refractivity contribution in [1.82, 2.24) is 5.32 Å². The Balaban J connectivity index is 1.91. The number of hydrogen-bond acceptors (Lipinski definition) is 4. The number of nitro benzene ring substituents is 1. The molecule has 0 heterocycles. The van der Waals surface area contributed by atoms with Crippen LogP contribution in [0.5, 0.6) is 0 Å². The molecule has 0 unspecified atom stereocenters. The molecule has 8 heteroatoms. The summed E-state index contributed by atoms with van der Waals surface area (Å²) in [7, 11) is 0. The highest BCUT2D eigenvalue weighted by Gasteiger charge is 2.20. The van der Waals surface area contributed by atoms with E-state index in [2.05, 4.69) is 10.6 Å². The normalized spacial score (nSPS) is 11.1. The summed E-state index contributed by atoms with van der Waals surface area (Å²) in [4.78, 5) is 22.3. The minimum absolute atomic E-state index is 0.0774. The first-order valence-corrected chi connectivity index (χ1v) is 8.27. The summed E-state index contributed by atoms with van der Waals surface area (Å²) in [5.74, 6) is -0.683. The minimum Gasteiger partial charge on any atom is -0.383 e. The second kappa shape index (κ2) is 8.14. The summed E-state index contributed by atoms with van der Waals surface area (Å²) in [5.41, 5.74) is 0.566. The molecule has 0 aromatic heterocycles. The molecule has 0 fully saturated rings. The van der Waals surface area contributed by atoms with Gasteiger partial charge in [-0.25, -0.2) is 4.39 Å². The third kappa shape index (κ3) is 5.42. The van der Waals surface area contributed by atoms with E-state index in [-0.39, 0.29) is 22.0 Å². The van der Waals surface area contributed by atoms with Crippen LogP contribution in [-0.2, 0) is 0 Å². The molecule has 26 heavy (non-hydrogen) atoms. The molecule has 0 saturated carbocycles. The fourth-order valence-electron chi connectivity index (χ4n) is 2.18. The number of rotatable bonds is 7. The Hall–Kier alpha value is -2.67. The quantitative estimate of drug-likeness (QED) is 0.556. The van der Waals surface area contributed by atoms with E-state index in [1.165, 1.54) is 36.4 Å². The number of non-ortho nitro benzene ring substituents is 1. The van der Waals surface area contributed by atoms with Crippen LogP contribution < -0.4 is 10.6 Å². The third-order valence-corrected chi connectivity index (χ3v) is 4.07. The van der Waals surface area contributed by atoms with Gasteiger partial charge >= 0.3 is 0 Å². The van der Waals surface area contributed by atoms with Crippen LogP contribution in [0.25, 0.3) is 0 Å². The van der Waals surface area contributed by atoms with Crippen molar-refractivity contribution in [1.29, 1.82) is 0 Å². The number of benzene rings is 2. The van der Waals surface area contributed by atoms with Gasteiger partial charge in [-0.2, -0.15) is 0 Å². The van der Waals surface area contributed by atoms with Crippen molar-refractivity contribution in [2.45, 2.75) is 13.8 Å². The molecule has 1 amide bonds. The van der Waals surface area contributed by atoms with Crippen LogP contribution in [0.4, 0.5) is 15.8 Å². The topological polar surface area (TPSA) is 84.3 Å². The lowest BCUT2D eigenvalue weighted by molar-refractivity contribution is -0.384. The van der Waals surface area contributed by atoms with Crippen LogP contribution in [0.15, 0.2) is 42.5 Å². The summed E-state index contributed by atoms with van der Waals surface area (Å²) in [6.07, 6.45) is 0. The Bertz CT molecular complexity index is 810. The second-order valence-corrected chi connectivity index (χ2v) is 7.04. The first-order chi connectivity index (χ1) is 12.2. The van der Waals surface area contributed by atoms with Crippen LogP contribution in [0.2, 0.25) is 5.02 Å².